The Morgan fingerprint density at radius 2 is 1.00 bits per heavy atom. The van der Waals surface area contributed by atoms with Crippen molar-refractivity contribution in [2.75, 3.05) is 0 Å². The minimum atomic E-state index is 0.660. The Balaban J connectivity index is 2.00. The van der Waals surface area contributed by atoms with Gasteiger partial charge in [0.15, 0.2) is 0 Å². The Morgan fingerprint density at radius 3 is 1.50 bits per heavy atom. The van der Waals surface area contributed by atoms with Crippen LogP contribution in [-0.4, -0.2) is 52.3 Å². The minimum Gasteiger partial charge on any atom is -0.0655 e. The summed E-state index contributed by atoms with van der Waals surface area (Å²) in [5.41, 5.74) is 0. The van der Waals surface area contributed by atoms with Crippen LogP contribution in [0, 0.1) is 0 Å². The molecule has 1 aliphatic rings. The van der Waals surface area contributed by atoms with Crippen LogP contribution in [0.15, 0.2) is 0 Å². The molecule has 0 spiro atoms. The zero-order valence-corrected chi connectivity index (χ0v) is 17.0. The SMILES string of the molecule is C1CCC[SiH2][SiH2][SiH2][SiH2][SiH2][SiH2]CC1. The lowest BCUT2D eigenvalue weighted by atomic mass is 10.2. The summed E-state index contributed by atoms with van der Waals surface area (Å²) in [5, 5.41) is 0. The van der Waals surface area contributed by atoms with Gasteiger partial charge in [0, 0.05) is 18.1 Å². The van der Waals surface area contributed by atoms with Gasteiger partial charge in [-0.05, 0) is 34.2 Å². The average Bonchev–Trinajstić information content (AvgIpc) is 2.05. The molecule has 1 heterocycles. The molecule has 0 N–H and O–H groups in total. The van der Waals surface area contributed by atoms with Crippen molar-refractivity contribution >= 4 is 52.3 Å². The smallest absolute Gasteiger partial charge is 0.00464 e. The van der Waals surface area contributed by atoms with E-state index in [4.69, 9.17) is 0 Å². The summed E-state index contributed by atoms with van der Waals surface area (Å²) < 4.78 is 0. The lowest BCUT2D eigenvalue weighted by molar-refractivity contribution is 0.700. The van der Waals surface area contributed by atoms with Crippen LogP contribution in [0.3, 0.4) is 0 Å². The first-order valence-corrected chi connectivity index (χ1v) is 28.0. The van der Waals surface area contributed by atoms with E-state index < -0.39 is 0 Å². The van der Waals surface area contributed by atoms with Gasteiger partial charge in [-0.25, -0.2) is 0 Å². The molecule has 0 aliphatic carbocycles. The number of hydrogen-bond donors (Lipinski definition) is 0. The molecular formula is C6H24Si6. The molecule has 1 saturated heterocycles. The van der Waals surface area contributed by atoms with E-state index in [0.717, 1.165) is 34.2 Å². The molecule has 0 aromatic carbocycles. The molecule has 0 aromatic rings. The van der Waals surface area contributed by atoms with Gasteiger partial charge in [0.1, 0.15) is 0 Å². The lowest BCUT2D eigenvalue weighted by Crippen LogP contribution is -2.26. The maximum Gasteiger partial charge on any atom is 0.00464 e. The number of rotatable bonds is 0. The third kappa shape index (κ3) is 6.78. The first-order valence-electron chi connectivity index (χ1n) is 6.00. The first-order chi connectivity index (χ1) is 6.00. The molecular weight excluding hydrogens is 241 g/mol. The summed E-state index contributed by atoms with van der Waals surface area (Å²) in [6.07, 6.45) is 6.56. The Kier molecular flexibility index (Phi) is 8.42. The highest BCUT2D eigenvalue weighted by atomic mass is 29.9. The Labute approximate surface area is 89.9 Å². The maximum atomic E-state index is 1.78. The van der Waals surface area contributed by atoms with Crippen molar-refractivity contribution in [1.29, 1.82) is 0 Å². The van der Waals surface area contributed by atoms with Gasteiger partial charge in [-0.3, -0.25) is 0 Å². The molecule has 0 amide bonds. The molecule has 72 valence electrons. The highest BCUT2D eigenvalue weighted by Gasteiger charge is 1.98. The van der Waals surface area contributed by atoms with Crippen LogP contribution >= 0.6 is 0 Å². The lowest BCUT2D eigenvalue weighted by Gasteiger charge is -2.03. The molecule has 1 fully saturated rings. The van der Waals surface area contributed by atoms with Crippen LogP contribution in [0.1, 0.15) is 25.7 Å². The van der Waals surface area contributed by atoms with Gasteiger partial charge in [0.05, 0.1) is 0 Å². The van der Waals surface area contributed by atoms with Crippen LogP contribution in [0.25, 0.3) is 0 Å². The Bertz CT molecular complexity index is 55.0. The quantitative estimate of drug-likeness (QED) is 0.409. The molecule has 1 aliphatic heterocycles. The van der Waals surface area contributed by atoms with Crippen molar-refractivity contribution < 1.29 is 0 Å². The van der Waals surface area contributed by atoms with E-state index in [0.29, 0.717) is 18.1 Å². The third-order valence-corrected chi connectivity index (χ3v) is 81.0. The molecule has 0 bridgehead atoms. The fourth-order valence-electron chi connectivity index (χ4n) is 2.12. The first kappa shape index (κ1) is 11.4. The fraction of sp³-hybridized carbons (Fsp3) is 1.00. The van der Waals surface area contributed by atoms with Crippen LogP contribution in [0.4, 0.5) is 0 Å². The van der Waals surface area contributed by atoms with Crippen LogP contribution in [0.2, 0.25) is 12.1 Å². The van der Waals surface area contributed by atoms with Crippen molar-refractivity contribution in [2.45, 2.75) is 37.8 Å². The van der Waals surface area contributed by atoms with Crippen molar-refractivity contribution in [3.8, 4) is 0 Å². The molecule has 1 rings (SSSR count). The zero-order valence-electron chi connectivity index (χ0n) is 8.49. The molecule has 0 radical (unpaired) electrons. The normalized spacial score (nSPS) is 36.0. The van der Waals surface area contributed by atoms with E-state index in [1.54, 1.807) is 37.8 Å². The van der Waals surface area contributed by atoms with Crippen molar-refractivity contribution in [1.82, 2.24) is 0 Å². The molecule has 0 atom stereocenters. The average molecular weight is 265 g/mol. The van der Waals surface area contributed by atoms with Crippen LogP contribution in [0.5, 0.6) is 0 Å². The van der Waals surface area contributed by atoms with E-state index in [1.807, 2.05) is 0 Å². The van der Waals surface area contributed by atoms with Crippen LogP contribution < -0.4 is 0 Å². The van der Waals surface area contributed by atoms with Crippen molar-refractivity contribution in [2.24, 2.45) is 0 Å². The molecule has 0 aromatic heterocycles. The minimum absolute atomic E-state index is 0.660. The molecule has 0 unspecified atom stereocenters. The highest BCUT2D eigenvalue weighted by molar-refractivity contribution is 7.59. The van der Waals surface area contributed by atoms with Gasteiger partial charge in [-0.1, -0.05) is 37.8 Å². The maximum absolute atomic E-state index is 1.78. The van der Waals surface area contributed by atoms with Crippen LogP contribution in [-0.2, 0) is 0 Å². The summed E-state index contributed by atoms with van der Waals surface area (Å²) in [4.78, 5) is 0. The van der Waals surface area contributed by atoms with E-state index in [9.17, 15) is 0 Å². The summed E-state index contributed by atoms with van der Waals surface area (Å²) >= 11 is 0. The molecule has 0 saturated carbocycles. The summed E-state index contributed by atoms with van der Waals surface area (Å²) in [6.45, 7) is 0. The van der Waals surface area contributed by atoms with Gasteiger partial charge in [-0.2, -0.15) is 0 Å². The molecule has 0 nitrogen and oxygen atoms in total. The van der Waals surface area contributed by atoms with Gasteiger partial charge < -0.3 is 0 Å². The van der Waals surface area contributed by atoms with Gasteiger partial charge in [0.2, 0.25) is 0 Å². The van der Waals surface area contributed by atoms with E-state index in [-0.39, 0.29) is 0 Å². The standard InChI is InChI=1S/C6H24Si6/c1-2-4-6-8-10-12-11-9-7-5-3-1/h1-12H2. The summed E-state index contributed by atoms with van der Waals surface area (Å²) in [6, 6.07) is 3.57. The van der Waals surface area contributed by atoms with Gasteiger partial charge >= 0.3 is 0 Å². The third-order valence-electron chi connectivity index (χ3n) is 3.00. The van der Waals surface area contributed by atoms with Crippen molar-refractivity contribution in [3.63, 3.8) is 0 Å². The summed E-state index contributed by atoms with van der Waals surface area (Å²) in [7, 11) is 4.53. The second-order valence-electron chi connectivity index (χ2n) is 4.24. The Morgan fingerprint density at radius 1 is 0.500 bits per heavy atom. The second kappa shape index (κ2) is 8.88. The summed E-state index contributed by atoms with van der Waals surface area (Å²) in [5.74, 6) is 0. The monoisotopic (exact) mass is 264 g/mol. The predicted octanol–water partition coefficient (Wildman–Crippen LogP) is -3.02. The van der Waals surface area contributed by atoms with Gasteiger partial charge in [0.25, 0.3) is 0 Å². The molecule has 12 heavy (non-hydrogen) atoms. The van der Waals surface area contributed by atoms with E-state index in [2.05, 4.69) is 0 Å². The Hall–Kier alpha value is 1.30. The van der Waals surface area contributed by atoms with E-state index in [1.165, 1.54) is 0 Å². The number of hydrogen-bond acceptors (Lipinski definition) is 0. The second-order valence-corrected chi connectivity index (χ2v) is 48.1. The topological polar surface area (TPSA) is 0 Å². The van der Waals surface area contributed by atoms with Gasteiger partial charge in [-0.15, -0.1) is 0 Å². The zero-order chi connectivity index (χ0) is 8.49. The van der Waals surface area contributed by atoms with E-state index >= 15 is 0 Å². The predicted molar refractivity (Wildman–Crippen MR) is 79.3 cm³/mol. The van der Waals surface area contributed by atoms with Crippen molar-refractivity contribution in [3.05, 3.63) is 0 Å². The fourth-order valence-corrected chi connectivity index (χ4v) is 129. The highest BCUT2D eigenvalue weighted by Crippen LogP contribution is 2.05. The largest absolute Gasteiger partial charge is 0.0655 e. The molecule has 6 heteroatoms.